The average Bonchev–Trinajstić information content (AvgIpc) is 2.80. The van der Waals surface area contributed by atoms with Crippen LogP contribution in [-0.2, 0) is 0 Å². The predicted molar refractivity (Wildman–Crippen MR) is 72.8 cm³/mol. The molecule has 0 aliphatic carbocycles. The molecule has 0 amide bonds. The second kappa shape index (κ2) is 5.10. The maximum atomic E-state index is 10.7. The van der Waals surface area contributed by atoms with Crippen LogP contribution in [0.25, 0.3) is 10.2 Å². The van der Waals surface area contributed by atoms with E-state index in [0.717, 1.165) is 30.6 Å². The van der Waals surface area contributed by atoms with Crippen molar-refractivity contribution in [1.82, 2.24) is 10.3 Å². The van der Waals surface area contributed by atoms with Gasteiger partial charge in [0.2, 0.25) is 0 Å². The minimum Gasteiger partial charge on any atom is -0.465 e. The highest BCUT2D eigenvalue weighted by atomic mass is 32.1. The number of benzene rings is 1. The van der Waals surface area contributed by atoms with Crippen molar-refractivity contribution < 1.29 is 9.66 Å². The fraction of sp³-hybridized carbons (Fsp3) is 0.417. The Morgan fingerprint density at radius 1 is 1.53 bits per heavy atom. The van der Waals surface area contributed by atoms with Crippen molar-refractivity contribution in [2.75, 3.05) is 13.1 Å². The summed E-state index contributed by atoms with van der Waals surface area (Å²) >= 11 is 1.43. The predicted octanol–water partition coefficient (Wildman–Crippen LogP) is 2.34. The van der Waals surface area contributed by atoms with Crippen molar-refractivity contribution in [3.8, 4) is 5.19 Å². The SMILES string of the molecule is O=[N+]([O-])c1ccc2sc(O[C@@H]3CCCNC3)nc2c1. The van der Waals surface area contributed by atoms with Gasteiger partial charge in [-0.2, -0.15) is 0 Å². The van der Waals surface area contributed by atoms with E-state index in [4.69, 9.17) is 4.74 Å². The third kappa shape index (κ3) is 2.66. The van der Waals surface area contributed by atoms with Crippen molar-refractivity contribution in [3.05, 3.63) is 28.3 Å². The maximum absolute atomic E-state index is 10.7. The Bertz CT molecular complexity index is 607. The van der Waals surface area contributed by atoms with Crippen molar-refractivity contribution in [1.29, 1.82) is 0 Å². The number of thiazole rings is 1. The lowest BCUT2D eigenvalue weighted by Gasteiger charge is -2.22. The highest BCUT2D eigenvalue weighted by Crippen LogP contribution is 2.31. The van der Waals surface area contributed by atoms with Gasteiger partial charge < -0.3 is 10.1 Å². The van der Waals surface area contributed by atoms with Crippen LogP contribution >= 0.6 is 11.3 Å². The van der Waals surface area contributed by atoms with Crippen LogP contribution in [0.5, 0.6) is 5.19 Å². The van der Waals surface area contributed by atoms with Crippen molar-refractivity contribution in [2.45, 2.75) is 18.9 Å². The number of hydrogen-bond donors (Lipinski definition) is 1. The minimum absolute atomic E-state index is 0.0590. The lowest BCUT2D eigenvalue weighted by Crippen LogP contribution is -2.37. The van der Waals surface area contributed by atoms with E-state index in [1.165, 1.54) is 23.5 Å². The summed E-state index contributed by atoms with van der Waals surface area (Å²) in [5, 5.41) is 14.6. The lowest BCUT2D eigenvalue weighted by atomic mass is 10.1. The highest BCUT2D eigenvalue weighted by molar-refractivity contribution is 7.20. The molecule has 0 spiro atoms. The van der Waals surface area contributed by atoms with Crippen LogP contribution in [0.1, 0.15) is 12.8 Å². The van der Waals surface area contributed by atoms with Gasteiger partial charge in [-0.15, -0.1) is 0 Å². The molecule has 0 unspecified atom stereocenters. The minimum atomic E-state index is -0.412. The molecule has 7 heteroatoms. The smallest absolute Gasteiger partial charge is 0.274 e. The molecule has 1 saturated heterocycles. The van der Waals surface area contributed by atoms with E-state index in [-0.39, 0.29) is 11.8 Å². The normalized spacial score (nSPS) is 19.5. The van der Waals surface area contributed by atoms with Gasteiger partial charge in [0.1, 0.15) is 6.10 Å². The molecule has 2 heterocycles. The monoisotopic (exact) mass is 279 g/mol. The van der Waals surface area contributed by atoms with Crippen LogP contribution in [0.15, 0.2) is 18.2 Å². The molecule has 1 fully saturated rings. The topological polar surface area (TPSA) is 77.3 Å². The second-order valence-electron chi connectivity index (χ2n) is 4.48. The first-order valence-electron chi connectivity index (χ1n) is 6.15. The van der Waals surface area contributed by atoms with Crippen LogP contribution in [-0.4, -0.2) is 29.1 Å². The summed E-state index contributed by atoms with van der Waals surface area (Å²) in [6.45, 7) is 1.86. The Balaban J connectivity index is 1.82. The molecule has 1 aliphatic rings. The molecule has 3 rings (SSSR count). The number of nitrogens with one attached hydrogen (secondary N) is 1. The molecule has 0 saturated carbocycles. The molecular weight excluding hydrogens is 266 g/mol. The van der Waals surface area contributed by atoms with Gasteiger partial charge in [-0.25, -0.2) is 4.98 Å². The Labute approximate surface area is 113 Å². The fourth-order valence-corrected chi connectivity index (χ4v) is 2.98. The largest absolute Gasteiger partial charge is 0.465 e. The number of aromatic nitrogens is 1. The summed E-state index contributed by atoms with van der Waals surface area (Å²) < 4.78 is 6.72. The highest BCUT2D eigenvalue weighted by Gasteiger charge is 2.17. The molecule has 1 aromatic carbocycles. The molecule has 2 aromatic rings. The first-order valence-corrected chi connectivity index (χ1v) is 6.96. The average molecular weight is 279 g/mol. The first-order chi connectivity index (χ1) is 9.22. The zero-order valence-electron chi connectivity index (χ0n) is 10.2. The van der Waals surface area contributed by atoms with E-state index < -0.39 is 4.92 Å². The van der Waals surface area contributed by atoms with Gasteiger partial charge in [-0.05, 0) is 25.5 Å². The van der Waals surface area contributed by atoms with E-state index in [1.54, 1.807) is 6.07 Å². The third-order valence-electron chi connectivity index (χ3n) is 3.08. The fourth-order valence-electron chi connectivity index (χ4n) is 2.12. The van der Waals surface area contributed by atoms with E-state index in [9.17, 15) is 10.1 Å². The molecule has 1 aliphatic heterocycles. The number of nitro groups is 1. The number of non-ortho nitro benzene ring substituents is 1. The Morgan fingerprint density at radius 3 is 3.16 bits per heavy atom. The zero-order valence-corrected chi connectivity index (χ0v) is 11.0. The quantitative estimate of drug-likeness (QED) is 0.689. The Morgan fingerprint density at radius 2 is 2.42 bits per heavy atom. The van der Waals surface area contributed by atoms with Gasteiger partial charge in [0.25, 0.3) is 10.9 Å². The molecule has 0 radical (unpaired) electrons. The van der Waals surface area contributed by atoms with Crippen molar-refractivity contribution in [2.24, 2.45) is 0 Å². The number of ether oxygens (including phenoxy) is 1. The molecule has 19 heavy (non-hydrogen) atoms. The summed E-state index contributed by atoms with van der Waals surface area (Å²) in [6, 6.07) is 4.70. The molecular formula is C12H13N3O3S. The number of hydrogen-bond acceptors (Lipinski definition) is 6. The summed E-state index contributed by atoms with van der Waals surface area (Å²) in [4.78, 5) is 14.6. The van der Waals surface area contributed by atoms with Crippen molar-refractivity contribution >= 4 is 27.2 Å². The third-order valence-corrected chi connectivity index (χ3v) is 4.01. The van der Waals surface area contributed by atoms with Crippen LogP contribution < -0.4 is 10.1 Å². The lowest BCUT2D eigenvalue weighted by molar-refractivity contribution is -0.384. The van der Waals surface area contributed by atoms with Gasteiger partial charge in [0.05, 0.1) is 15.1 Å². The van der Waals surface area contributed by atoms with Crippen LogP contribution in [0.4, 0.5) is 5.69 Å². The van der Waals surface area contributed by atoms with Crippen LogP contribution in [0.2, 0.25) is 0 Å². The van der Waals surface area contributed by atoms with Crippen molar-refractivity contribution in [3.63, 3.8) is 0 Å². The first kappa shape index (κ1) is 12.3. The van der Waals surface area contributed by atoms with E-state index in [0.29, 0.717) is 10.7 Å². The standard InChI is InChI=1S/C12H13N3O3S/c16-15(17)8-3-4-11-10(6-8)14-12(19-11)18-9-2-1-5-13-7-9/h3-4,6,9,13H,1-2,5,7H2/t9-/m1/s1. The van der Waals surface area contributed by atoms with Gasteiger partial charge in [-0.3, -0.25) is 10.1 Å². The van der Waals surface area contributed by atoms with Gasteiger partial charge in [-0.1, -0.05) is 11.3 Å². The molecule has 1 N–H and O–H groups in total. The number of piperidine rings is 1. The van der Waals surface area contributed by atoms with Gasteiger partial charge in [0, 0.05) is 18.7 Å². The number of nitro benzene ring substituents is 1. The summed E-state index contributed by atoms with van der Waals surface area (Å²) in [5.74, 6) is 0. The zero-order chi connectivity index (χ0) is 13.2. The van der Waals surface area contributed by atoms with Gasteiger partial charge in [0.15, 0.2) is 0 Å². The van der Waals surface area contributed by atoms with E-state index >= 15 is 0 Å². The summed E-state index contributed by atoms with van der Waals surface area (Å²) in [6.07, 6.45) is 2.26. The number of fused-ring (bicyclic) bond motifs is 1. The summed E-state index contributed by atoms with van der Waals surface area (Å²) in [5.41, 5.74) is 0.682. The summed E-state index contributed by atoms with van der Waals surface area (Å²) in [7, 11) is 0. The van der Waals surface area contributed by atoms with Crippen LogP contribution in [0, 0.1) is 10.1 Å². The van der Waals surface area contributed by atoms with E-state index in [1.807, 2.05) is 0 Å². The second-order valence-corrected chi connectivity index (χ2v) is 5.47. The molecule has 1 aromatic heterocycles. The molecule has 1 atom stereocenters. The molecule has 100 valence electrons. The van der Waals surface area contributed by atoms with E-state index in [2.05, 4.69) is 10.3 Å². The van der Waals surface area contributed by atoms with Crippen LogP contribution in [0.3, 0.4) is 0 Å². The maximum Gasteiger partial charge on any atom is 0.274 e. The number of nitrogens with zero attached hydrogens (tertiary/aromatic N) is 2. The Kier molecular flexibility index (Phi) is 3.31. The Hall–Kier alpha value is -1.73. The van der Waals surface area contributed by atoms with Gasteiger partial charge >= 0.3 is 0 Å². The molecule has 6 nitrogen and oxygen atoms in total. The number of rotatable bonds is 3. The molecule has 0 bridgehead atoms.